The van der Waals surface area contributed by atoms with Crippen molar-refractivity contribution < 1.29 is 4.79 Å². The second kappa shape index (κ2) is 6.33. The van der Waals surface area contributed by atoms with Gasteiger partial charge in [0, 0.05) is 22.0 Å². The molecule has 1 aromatic carbocycles. The number of ketones is 1. The topological polar surface area (TPSA) is 42.9 Å². The van der Waals surface area contributed by atoms with Crippen molar-refractivity contribution in [3.8, 4) is 0 Å². The number of carbonyl (C=O) groups is 1. The number of hydrogen-bond donors (Lipinski definition) is 0. The molecule has 0 aliphatic carbocycles. The summed E-state index contributed by atoms with van der Waals surface area (Å²) in [6.07, 6.45) is 0.900. The van der Waals surface area contributed by atoms with E-state index in [2.05, 4.69) is 10.2 Å². The Labute approximate surface area is 127 Å². The minimum Gasteiger partial charge on any atom is -0.294 e. The zero-order valence-corrected chi connectivity index (χ0v) is 12.8. The lowest BCUT2D eigenvalue weighted by molar-refractivity contribution is 0.0991. The van der Waals surface area contributed by atoms with Gasteiger partial charge in [0.25, 0.3) is 0 Å². The molecule has 0 spiro atoms. The molecule has 104 valence electrons. The molecule has 0 saturated carbocycles. The summed E-state index contributed by atoms with van der Waals surface area (Å²) in [5.74, 6) is -0.0101. The summed E-state index contributed by atoms with van der Waals surface area (Å²) in [6.45, 7) is 3.77. The van der Waals surface area contributed by atoms with Crippen molar-refractivity contribution >= 4 is 29.0 Å². The fourth-order valence-electron chi connectivity index (χ4n) is 1.95. The Bertz CT molecular complexity index is 656. The SMILES string of the molecule is CCc1nnc(C)cc1C(=O)Cc1ccc(Cl)cc1Cl. The number of aryl methyl sites for hydroxylation is 2. The monoisotopic (exact) mass is 308 g/mol. The van der Waals surface area contributed by atoms with Crippen LogP contribution in [-0.4, -0.2) is 16.0 Å². The highest BCUT2D eigenvalue weighted by molar-refractivity contribution is 6.35. The van der Waals surface area contributed by atoms with Crippen LogP contribution in [0.2, 0.25) is 10.0 Å². The molecule has 20 heavy (non-hydrogen) atoms. The summed E-state index contributed by atoms with van der Waals surface area (Å²) in [7, 11) is 0. The lowest BCUT2D eigenvalue weighted by Gasteiger charge is -2.08. The fraction of sp³-hybridized carbons (Fsp3) is 0.267. The van der Waals surface area contributed by atoms with E-state index in [-0.39, 0.29) is 12.2 Å². The molecule has 3 nitrogen and oxygen atoms in total. The predicted octanol–water partition coefficient (Wildman–Crippen LogP) is 4.08. The van der Waals surface area contributed by atoms with Crippen LogP contribution in [0.5, 0.6) is 0 Å². The van der Waals surface area contributed by atoms with E-state index in [0.29, 0.717) is 27.7 Å². The molecule has 0 amide bonds. The van der Waals surface area contributed by atoms with Gasteiger partial charge in [-0.15, -0.1) is 0 Å². The molecule has 0 bridgehead atoms. The molecule has 0 N–H and O–H groups in total. The van der Waals surface area contributed by atoms with Crippen molar-refractivity contribution in [2.75, 3.05) is 0 Å². The average molecular weight is 309 g/mol. The van der Waals surface area contributed by atoms with Gasteiger partial charge in [-0.25, -0.2) is 0 Å². The number of rotatable bonds is 4. The maximum absolute atomic E-state index is 12.4. The van der Waals surface area contributed by atoms with Crippen LogP contribution in [0.15, 0.2) is 24.3 Å². The Hall–Kier alpha value is -1.45. The van der Waals surface area contributed by atoms with Crippen molar-refractivity contribution in [1.29, 1.82) is 0 Å². The van der Waals surface area contributed by atoms with E-state index in [1.54, 1.807) is 24.3 Å². The van der Waals surface area contributed by atoms with E-state index in [9.17, 15) is 4.79 Å². The summed E-state index contributed by atoms with van der Waals surface area (Å²) in [5, 5.41) is 9.11. The van der Waals surface area contributed by atoms with Gasteiger partial charge in [0.05, 0.1) is 11.4 Å². The molecule has 0 unspecified atom stereocenters. The van der Waals surface area contributed by atoms with Gasteiger partial charge in [-0.2, -0.15) is 10.2 Å². The molecule has 5 heteroatoms. The van der Waals surface area contributed by atoms with Crippen molar-refractivity contribution in [2.24, 2.45) is 0 Å². The van der Waals surface area contributed by atoms with Gasteiger partial charge < -0.3 is 0 Å². The van der Waals surface area contributed by atoms with Crippen molar-refractivity contribution in [2.45, 2.75) is 26.7 Å². The highest BCUT2D eigenvalue weighted by Crippen LogP contribution is 2.23. The first-order valence-corrected chi connectivity index (χ1v) is 7.07. The Morgan fingerprint density at radius 1 is 1.20 bits per heavy atom. The molecule has 0 radical (unpaired) electrons. The molecular weight excluding hydrogens is 295 g/mol. The lowest BCUT2D eigenvalue weighted by atomic mass is 10.0. The quantitative estimate of drug-likeness (QED) is 0.799. The Kier molecular flexibility index (Phi) is 4.73. The molecule has 1 aromatic heterocycles. The van der Waals surface area contributed by atoms with Gasteiger partial charge in [0.1, 0.15) is 0 Å². The summed E-state index contributed by atoms with van der Waals surface area (Å²) in [4.78, 5) is 12.4. The zero-order valence-electron chi connectivity index (χ0n) is 11.3. The number of carbonyl (C=O) groups excluding carboxylic acids is 1. The summed E-state index contributed by atoms with van der Waals surface area (Å²) < 4.78 is 0. The molecule has 1 heterocycles. The molecule has 0 fully saturated rings. The highest BCUT2D eigenvalue weighted by atomic mass is 35.5. The second-order valence-electron chi connectivity index (χ2n) is 4.54. The Balaban J connectivity index is 2.30. The van der Waals surface area contributed by atoms with Gasteiger partial charge in [0.2, 0.25) is 0 Å². The van der Waals surface area contributed by atoms with Crippen molar-refractivity contribution in [3.05, 3.63) is 56.8 Å². The fourth-order valence-corrected chi connectivity index (χ4v) is 2.43. The third-order valence-electron chi connectivity index (χ3n) is 2.99. The zero-order chi connectivity index (χ0) is 14.7. The average Bonchev–Trinajstić information content (AvgIpc) is 2.41. The van der Waals surface area contributed by atoms with Gasteiger partial charge in [0.15, 0.2) is 5.78 Å². The number of halogens is 2. The van der Waals surface area contributed by atoms with Crippen LogP contribution in [0.25, 0.3) is 0 Å². The van der Waals surface area contributed by atoms with Crippen LogP contribution in [0.4, 0.5) is 0 Å². The Morgan fingerprint density at radius 2 is 1.95 bits per heavy atom. The van der Waals surface area contributed by atoms with Crippen molar-refractivity contribution in [3.63, 3.8) is 0 Å². The van der Waals surface area contributed by atoms with Crippen LogP contribution in [0.3, 0.4) is 0 Å². The molecule has 0 aliphatic rings. The van der Waals surface area contributed by atoms with E-state index in [1.807, 2.05) is 13.8 Å². The van der Waals surface area contributed by atoms with Gasteiger partial charge in [-0.1, -0.05) is 36.2 Å². The van der Waals surface area contributed by atoms with E-state index < -0.39 is 0 Å². The maximum Gasteiger partial charge on any atom is 0.169 e. The third kappa shape index (κ3) is 3.35. The number of aromatic nitrogens is 2. The standard InChI is InChI=1S/C15H14Cl2N2O/c1-3-14-12(6-9(2)18-19-14)15(20)7-10-4-5-11(16)8-13(10)17/h4-6,8H,3,7H2,1-2H3. The summed E-state index contributed by atoms with van der Waals surface area (Å²) in [6, 6.07) is 6.92. The molecular formula is C15H14Cl2N2O. The molecule has 0 atom stereocenters. The third-order valence-corrected chi connectivity index (χ3v) is 3.58. The first-order chi connectivity index (χ1) is 9.51. The van der Waals surface area contributed by atoms with Crippen LogP contribution in [0, 0.1) is 6.92 Å². The molecule has 2 aromatic rings. The summed E-state index contributed by atoms with van der Waals surface area (Å²) >= 11 is 12.0. The first-order valence-electron chi connectivity index (χ1n) is 6.31. The van der Waals surface area contributed by atoms with Crippen molar-refractivity contribution in [1.82, 2.24) is 10.2 Å². The van der Waals surface area contributed by atoms with Crippen LogP contribution < -0.4 is 0 Å². The van der Waals surface area contributed by atoms with Gasteiger partial charge in [-0.3, -0.25) is 4.79 Å². The van der Waals surface area contributed by atoms with Crippen LogP contribution in [0.1, 0.15) is 34.2 Å². The number of benzene rings is 1. The molecule has 2 rings (SSSR count). The molecule has 0 aliphatic heterocycles. The van der Waals surface area contributed by atoms with E-state index in [1.165, 1.54) is 0 Å². The van der Waals surface area contributed by atoms with Crippen LogP contribution >= 0.6 is 23.2 Å². The van der Waals surface area contributed by atoms with E-state index in [0.717, 1.165) is 11.3 Å². The molecule has 0 saturated heterocycles. The second-order valence-corrected chi connectivity index (χ2v) is 5.38. The Morgan fingerprint density at radius 3 is 2.60 bits per heavy atom. The predicted molar refractivity (Wildman–Crippen MR) is 80.6 cm³/mol. The van der Waals surface area contributed by atoms with Gasteiger partial charge >= 0.3 is 0 Å². The minimum atomic E-state index is -0.0101. The largest absolute Gasteiger partial charge is 0.294 e. The number of Topliss-reactive ketones (excluding diaryl/α,β-unsaturated/α-hetero) is 1. The number of nitrogens with zero attached hydrogens (tertiary/aromatic N) is 2. The first kappa shape index (κ1) is 14.9. The highest BCUT2D eigenvalue weighted by Gasteiger charge is 2.15. The summed E-state index contributed by atoms with van der Waals surface area (Å²) in [5.41, 5.74) is 2.82. The van der Waals surface area contributed by atoms with Gasteiger partial charge in [-0.05, 0) is 37.1 Å². The smallest absolute Gasteiger partial charge is 0.169 e. The minimum absolute atomic E-state index is 0.0101. The lowest BCUT2D eigenvalue weighted by Crippen LogP contribution is -2.10. The number of hydrogen-bond acceptors (Lipinski definition) is 3. The normalized spacial score (nSPS) is 10.6. The van der Waals surface area contributed by atoms with E-state index in [4.69, 9.17) is 23.2 Å². The maximum atomic E-state index is 12.4. The van der Waals surface area contributed by atoms with Crippen LogP contribution in [-0.2, 0) is 12.8 Å². The van der Waals surface area contributed by atoms with E-state index >= 15 is 0 Å².